The summed E-state index contributed by atoms with van der Waals surface area (Å²) >= 11 is 3.06. The number of hydrogen-bond donors (Lipinski definition) is 1. The van der Waals surface area contributed by atoms with Gasteiger partial charge in [0.2, 0.25) is 0 Å². The molecular weight excluding hydrogens is 287 g/mol. The molecule has 17 heavy (non-hydrogen) atoms. The van der Waals surface area contributed by atoms with E-state index in [2.05, 4.69) is 27.3 Å². The molecule has 0 spiro atoms. The fourth-order valence-electron chi connectivity index (χ4n) is 2.00. The van der Waals surface area contributed by atoms with E-state index in [-0.39, 0.29) is 11.7 Å². The fraction of sp³-hybridized carbons (Fsp3) is 0.333. The molecule has 0 saturated heterocycles. The monoisotopic (exact) mass is 296 g/mol. The first-order valence-electron chi connectivity index (χ1n) is 5.18. The van der Waals surface area contributed by atoms with E-state index in [0.29, 0.717) is 23.0 Å². The molecule has 0 heterocycles. The van der Waals surface area contributed by atoms with Crippen LogP contribution in [-0.4, -0.2) is 11.8 Å². The normalized spacial score (nSPS) is 26.8. The molecular formula is C12H10BrFN2O. The molecule has 1 N–H and O–H groups in total. The van der Waals surface area contributed by atoms with Gasteiger partial charge in [0.05, 0.1) is 10.5 Å². The summed E-state index contributed by atoms with van der Waals surface area (Å²) in [5.41, 5.74) is -0.178. The summed E-state index contributed by atoms with van der Waals surface area (Å²) in [5.74, 6) is -0.447. The maximum atomic E-state index is 13.3. The third-order valence-electron chi connectivity index (χ3n) is 2.93. The first-order valence-corrected chi connectivity index (χ1v) is 5.98. The number of benzene rings is 1. The van der Waals surface area contributed by atoms with Crippen molar-refractivity contribution >= 4 is 27.9 Å². The summed E-state index contributed by atoms with van der Waals surface area (Å²) < 4.78 is 13.7. The topological polar surface area (TPSA) is 52.9 Å². The predicted molar refractivity (Wildman–Crippen MR) is 64.9 cm³/mol. The molecule has 1 aromatic rings. The molecule has 1 aliphatic rings. The van der Waals surface area contributed by atoms with E-state index in [0.717, 1.165) is 6.29 Å². The Morgan fingerprint density at radius 2 is 2.29 bits per heavy atom. The van der Waals surface area contributed by atoms with Crippen LogP contribution in [0.5, 0.6) is 0 Å². The quantitative estimate of drug-likeness (QED) is 0.873. The van der Waals surface area contributed by atoms with Crippen molar-refractivity contribution in [1.82, 2.24) is 0 Å². The van der Waals surface area contributed by atoms with Gasteiger partial charge in [-0.3, -0.25) is 0 Å². The lowest BCUT2D eigenvalue weighted by Gasteiger charge is -2.41. The minimum atomic E-state index is -0.730. The predicted octanol–water partition coefficient (Wildman–Crippen LogP) is 2.87. The third kappa shape index (κ3) is 2.32. The number of rotatable bonds is 3. The average molecular weight is 297 g/mol. The van der Waals surface area contributed by atoms with Crippen LogP contribution < -0.4 is 5.32 Å². The third-order valence-corrected chi connectivity index (χ3v) is 3.57. The Morgan fingerprint density at radius 3 is 2.82 bits per heavy atom. The molecule has 1 fully saturated rings. The lowest BCUT2D eigenvalue weighted by Crippen LogP contribution is -2.49. The Kier molecular flexibility index (Phi) is 3.16. The number of hydrogen-bond acceptors (Lipinski definition) is 3. The second-order valence-electron chi connectivity index (χ2n) is 4.25. The van der Waals surface area contributed by atoms with Crippen molar-refractivity contribution in [2.75, 3.05) is 5.32 Å². The minimum absolute atomic E-state index is 0.0672. The van der Waals surface area contributed by atoms with Gasteiger partial charge in [-0.1, -0.05) is 0 Å². The van der Waals surface area contributed by atoms with E-state index in [1.54, 1.807) is 12.1 Å². The van der Waals surface area contributed by atoms with Gasteiger partial charge in [-0.25, -0.2) is 4.39 Å². The van der Waals surface area contributed by atoms with E-state index in [1.807, 2.05) is 0 Å². The van der Waals surface area contributed by atoms with Crippen LogP contribution in [0.3, 0.4) is 0 Å². The average Bonchev–Trinajstić information content (AvgIpc) is 2.28. The van der Waals surface area contributed by atoms with Crippen molar-refractivity contribution in [3.05, 3.63) is 28.5 Å². The Morgan fingerprint density at radius 1 is 1.59 bits per heavy atom. The molecule has 0 radical (unpaired) electrons. The fourth-order valence-corrected chi connectivity index (χ4v) is 2.25. The van der Waals surface area contributed by atoms with Gasteiger partial charge in [0.25, 0.3) is 0 Å². The molecule has 0 aliphatic heterocycles. The van der Waals surface area contributed by atoms with E-state index in [9.17, 15) is 9.18 Å². The van der Waals surface area contributed by atoms with Gasteiger partial charge in [-0.2, -0.15) is 5.26 Å². The van der Waals surface area contributed by atoms with Crippen molar-refractivity contribution in [2.45, 2.75) is 18.4 Å². The Balaban J connectivity index is 2.13. The number of halogens is 2. The summed E-state index contributed by atoms with van der Waals surface area (Å²) in [6, 6.07) is 6.77. The van der Waals surface area contributed by atoms with Gasteiger partial charge in [0.15, 0.2) is 0 Å². The molecule has 0 aromatic heterocycles. The van der Waals surface area contributed by atoms with Crippen LogP contribution in [0.1, 0.15) is 12.8 Å². The number of carbonyl (C=O) groups excluding carboxylic acids is 1. The SMILES string of the molecule is N#CC1(Nc2ccc(Br)c(F)c2)CC(C=O)C1. The van der Waals surface area contributed by atoms with Crippen LogP contribution >= 0.6 is 15.9 Å². The van der Waals surface area contributed by atoms with Crippen molar-refractivity contribution in [1.29, 1.82) is 5.26 Å². The van der Waals surface area contributed by atoms with Gasteiger partial charge in [-0.05, 0) is 47.0 Å². The zero-order chi connectivity index (χ0) is 12.5. The smallest absolute Gasteiger partial charge is 0.139 e. The Labute approximate surface area is 107 Å². The first-order chi connectivity index (χ1) is 8.08. The molecule has 5 heteroatoms. The highest BCUT2D eigenvalue weighted by Crippen LogP contribution is 2.39. The molecule has 1 saturated carbocycles. The zero-order valence-electron chi connectivity index (χ0n) is 8.91. The molecule has 0 amide bonds. The van der Waals surface area contributed by atoms with Crippen molar-refractivity contribution in [3.63, 3.8) is 0 Å². The van der Waals surface area contributed by atoms with Crippen molar-refractivity contribution in [2.24, 2.45) is 5.92 Å². The van der Waals surface area contributed by atoms with Crippen LogP contribution in [-0.2, 0) is 4.79 Å². The van der Waals surface area contributed by atoms with Crippen LogP contribution in [0, 0.1) is 23.1 Å². The molecule has 0 unspecified atom stereocenters. The highest BCUT2D eigenvalue weighted by Gasteiger charge is 2.44. The lowest BCUT2D eigenvalue weighted by atomic mass is 9.69. The number of nitriles is 1. The molecule has 88 valence electrons. The highest BCUT2D eigenvalue weighted by molar-refractivity contribution is 9.10. The van der Waals surface area contributed by atoms with Crippen molar-refractivity contribution in [3.8, 4) is 6.07 Å². The Bertz CT molecular complexity index is 492. The van der Waals surface area contributed by atoms with Gasteiger partial charge < -0.3 is 10.1 Å². The standard InChI is InChI=1S/C12H10BrFN2O/c13-10-2-1-9(3-11(10)14)16-12(7-15)4-8(5-12)6-17/h1-3,6,8,16H,4-5H2. The van der Waals surface area contributed by atoms with Crippen LogP contribution in [0.25, 0.3) is 0 Å². The summed E-state index contributed by atoms with van der Waals surface area (Å²) in [6.07, 6.45) is 1.81. The molecule has 1 aliphatic carbocycles. The largest absolute Gasteiger partial charge is 0.367 e. The summed E-state index contributed by atoms with van der Waals surface area (Å²) in [4.78, 5) is 10.5. The zero-order valence-corrected chi connectivity index (χ0v) is 10.5. The molecule has 0 bridgehead atoms. The molecule has 1 aromatic carbocycles. The van der Waals surface area contributed by atoms with Gasteiger partial charge in [0.1, 0.15) is 17.6 Å². The van der Waals surface area contributed by atoms with Crippen LogP contribution in [0.2, 0.25) is 0 Å². The van der Waals surface area contributed by atoms with Gasteiger partial charge in [-0.15, -0.1) is 0 Å². The summed E-state index contributed by atoms with van der Waals surface area (Å²) in [5, 5.41) is 12.1. The Hall–Kier alpha value is -1.41. The second kappa shape index (κ2) is 4.46. The maximum Gasteiger partial charge on any atom is 0.139 e. The minimum Gasteiger partial charge on any atom is -0.367 e. The number of nitrogens with zero attached hydrogens (tertiary/aromatic N) is 1. The second-order valence-corrected chi connectivity index (χ2v) is 5.11. The van der Waals surface area contributed by atoms with Gasteiger partial charge in [0, 0.05) is 11.6 Å². The van der Waals surface area contributed by atoms with E-state index in [4.69, 9.17) is 5.26 Å². The molecule has 2 rings (SSSR count). The van der Waals surface area contributed by atoms with E-state index < -0.39 is 5.54 Å². The van der Waals surface area contributed by atoms with E-state index in [1.165, 1.54) is 6.07 Å². The number of nitrogens with one attached hydrogen (secondary N) is 1. The van der Waals surface area contributed by atoms with E-state index >= 15 is 0 Å². The van der Waals surface area contributed by atoms with Crippen LogP contribution in [0.15, 0.2) is 22.7 Å². The molecule has 0 atom stereocenters. The molecule has 3 nitrogen and oxygen atoms in total. The number of anilines is 1. The summed E-state index contributed by atoms with van der Waals surface area (Å²) in [7, 11) is 0. The number of carbonyl (C=O) groups is 1. The maximum absolute atomic E-state index is 13.3. The summed E-state index contributed by atoms with van der Waals surface area (Å²) in [6.45, 7) is 0. The van der Waals surface area contributed by atoms with Crippen molar-refractivity contribution < 1.29 is 9.18 Å². The number of aldehydes is 1. The first kappa shape index (κ1) is 12.1. The van der Waals surface area contributed by atoms with Crippen LogP contribution in [0.4, 0.5) is 10.1 Å². The van der Waals surface area contributed by atoms with Gasteiger partial charge >= 0.3 is 0 Å². The lowest BCUT2D eigenvalue weighted by molar-refractivity contribution is -0.114. The highest BCUT2D eigenvalue weighted by atomic mass is 79.9.